The van der Waals surface area contributed by atoms with Crippen molar-refractivity contribution in [2.75, 3.05) is 0 Å². The fourth-order valence-corrected chi connectivity index (χ4v) is 12.0. The predicted molar refractivity (Wildman–Crippen MR) is 181 cm³/mol. The van der Waals surface area contributed by atoms with Crippen molar-refractivity contribution >= 4 is 24.0 Å². The van der Waals surface area contributed by atoms with E-state index in [1.807, 2.05) is 0 Å². The first kappa shape index (κ1) is 36.4. The van der Waals surface area contributed by atoms with Crippen molar-refractivity contribution in [3.8, 4) is 16.8 Å². The Labute approximate surface area is 297 Å². The Morgan fingerprint density at radius 2 is 1.48 bits per heavy atom. The minimum absolute atomic E-state index is 0. The summed E-state index contributed by atoms with van der Waals surface area (Å²) in [4.78, 5) is 0. The predicted octanol–water partition coefficient (Wildman–Crippen LogP) is 5.12. The molecule has 5 aromatic rings. The summed E-state index contributed by atoms with van der Waals surface area (Å²) in [6.45, 7) is 14.0. The number of rotatable bonds is 7. The van der Waals surface area contributed by atoms with E-state index in [9.17, 15) is 0 Å². The molecule has 1 radical (unpaired) electrons. The van der Waals surface area contributed by atoms with Gasteiger partial charge in [-0.05, 0) is 61.6 Å². The summed E-state index contributed by atoms with van der Waals surface area (Å²) in [6.07, 6.45) is 6.54. The van der Waals surface area contributed by atoms with Gasteiger partial charge in [-0.2, -0.15) is 6.07 Å². The van der Waals surface area contributed by atoms with Gasteiger partial charge in [0.05, 0.1) is 8.07 Å². The van der Waals surface area contributed by atoms with E-state index in [1.165, 1.54) is 76.5 Å². The Kier molecular flexibility index (Phi) is 12.5. The van der Waals surface area contributed by atoms with Crippen molar-refractivity contribution in [3.63, 3.8) is 0 Å². The van der Waals surface area contributed by atoms with Gasteiger partial charge in [-0.25, -0.2) is 0 Å². The van der Waals surface area contributed by atoms with E-state index in [1.54, 1.807) is 22.0 Å². The molecule has 0 fully saturated rings. The first-order chi connectivity index (χ1) is 19.8. The Morgan fingerprint density at radius 1 is 0.773 bits per heavy atom. The van der Waals surface area contributed by atoms with Gasteiger partial charge < -0.3 is 29.4 Å². The molecule has 3 heterocycles. The second-order valence-corrected chi connectivity index (χ2v) is 17.3. The average molecular weight is 717 g/mol. The van der Waals surface area contributed by atoms with Crippen LogP contribution in [-0.2, 0) is 32.6 Å². The van der Waals surface area contributed by atoms with Crippen molar-refractivity contribution in [1.29, 1.82) is 0 Å². The largest absolute Gasteiger partial charge is 3.00 e. The number of allylic oxidation sites excluding steroid dienone is 1. The number of unbranched alkanes of at least 4 members (excludes halogenated alkanes) is 3. The Hall–Kier alpha value is -2.03. The number of hydrogen-bond acceptors (Lipinski definition) is 0. The molecule has 0 amide bonds. The van der Waals surface area contributed by atoms with Crippen molar-refractivity contribution < 1.29 is 51.0 Å². The molecule has 1 atom stereocenters. The van der Waals surface area contributed by atoms with Crippen LogP contribution in [0.5, 0.6) is 0 Å². The van der Waals surface area contributed by atoms with Crippen molar-refractivity contribution in [3.05, 3.63) is 125 Å². The summed E-state index contributed by atoms with van der Waals surface area (Å²) in [7, 11) is -1.19. The van der Waals surface area contributed by atoms with Crippen molar-refractivity contribution in [2.24, 2.45) is 0 Å². The van der Waals surface area contributed by atoms with E-state index >= 15 is 0 Å². The first-order valence-corrected chi connectivity index (χ1v) is 18.6. The number of fused-ring (bicyclic) bond motifs is 1. The number of halogens is 2. The summed E-state index contributed by atoms with van der Waals surface area (Å²) in [5, 5.41) is 4.44. The quantitative estimate of drug-likeness (QED) is 0.125. The Balaban J connectivity index is 0.000000227. The van der Waals surface area contributed by atoms with Gasteiger partial charge in [0.2, 0.25) is 0 Å². The third-order valence-electron chi connectivity index (χ3n) is 9.45. The van der Waals surface area contributed by atoms with Crippen LogP contribution in [0.25, 0.3) is 32.8 Å². The van der Waals surface area contributed by atoms with Crippen LogP contribution in [-0.4, -0.2) is 12.6 Å². The molecule has 227 valence electrons. The SMILES string of the molecule is CC1=C2c3cc(C)n(-c4ccccc4)c3C1[Si]2(C)C.CCCCCCc1ccc(-c2cccc3[cH-]c(C)cc23)cc1.[Cl-].[Cl-].[Zr+3]. The van der Waals surface area contributed by atoms with E-state index in [-0.39, 0.29) is 51.0 Å². The Bertz CT molecular complexity index is 1730. The molecule has 1 aliphatic carbocycles. The minimum Gasteiger partial charge on any atom is -1.00 e. The third kappa shape index (κ3) is 6.59. The topological polar surface area (TPSA) is 4.93 Å². The summed E-state index contributed by atoms with van der Waals surface area (Å²) in [5.41, 5.74) is 13.7. The second-order valence-electron chi connectivity index (χ2n) is 12.8. The molecular formula is C39H44Cl2NSiZr. The number of para-hydroxylation sites is 1. The van der Waals surface area contributed by atoms with Crippen LogP contribution in [0.15, 0.2) is 96.6 Å². The van der Waals surface area contributed by atoms with Crippen LogP contribution >= 0.6 is 0 Å². The normalized spacial score (nSPS) is 15.3. The van der Waals surface area contributed by atoms with E-state index < -0.39 is 8.07 Å². The smallest absolute Gasteiger partial charge is 1.00 e. The standard InChI is InChI=1S/C22H25.C17H19NSi.2ClH.Zr/c1-3-4-5-6-8-18-11-13-19(14-12-18)21-10-7-9-20-15-17(2)16-22(20)21;1-11-10-14-15(17-12(2)16(14)19(17,3)4)18(11)13-8-6-5-7-9-13;;;/h7,9-16H,3-6,8H2,1-2H3;5-10,17H,1-4H3;2*1H;/q-1;;;;+3/p-2. The number of hydrogen-bond donors (Lipinski definition) is 0. The van der Waals surface area contributed by atoms with Gasteiger partial charge in [0.15, 0.2) is 0 Å². The molecule has 8 rings (SSSR count). The molecule has 2 bridgehead atoms. The summed E-state index contributed by atoms with van der Waals surface area (Å²) in [6, 6.07) is 33.5. The van der Waals surface area contributed by atoms with E-state index in [0.717, 1.165) is 5.54 Å². The van der Waals surface area contributed by atoms with Gasteiger partial charge >= 0.3 is 26.2 Å². The summed E-state index contributed by atoms with van der Waals surface area (Å²) in [5.74, 6) is 0. The third-order valence-corrected chi connectivity index (χ3v) is 13.6. The molecule has 0 saturated carbocycles. The van der Waals surface area contributed by atoms with Crippen LogP contribution in [0.2, 0.25) is 13.1 Å². The number of benzene rings is 3. The van der Waals surface area contributed by atoms with Crippen LogP contribution < -0.4 is 24.8 Å². The maximum atomic E-state index is 2.52. The molecule has 0 saturated heterocycles. The van der Waals surface area contributed by atoms with E-state index in [0.29, 0.717) is 0 Å². The molecule has 5 heteroatoms. The minimum atomic E-state index is -1.19. The zero-order chi connectivity index (χ0) is 28.7. The molecule has 2 aliphatic heterocycles. The van der Waals surface area contributed by atoms with Crippen LogP contribution in [0, 0.1) is 13.8 Å². The number of aromatic nitrogens is 1. The van der Waals surface area contributed by atoms with Crippen molar-refractivity contribution in [1.82, 2.24) is 4.57 Å². The first-order valence-electron chi connectivity index (χ1n) is 15.6. The summed E-state index contributed by atoms with van der Waals surface area (Å²) < 4.78 is 2.48. The zero-order valence-corrected chi connectivity index (χ0v) is 31.9. The maximum Gasteiger partial charge on any atom is 3.00 e. The fourth-order valence-electron chi connectivity index (χ4n) is 7.67. The average Bonchev–Trinajstić information content (AvgIpc) is 3.65. The zero-order valence-electron chi connectivity index (χ0n) is 27.0. The second kappa shape index (κ2) is 15.0. The molecule has 44 heavy (non-hydrogen) atoms. The molecule has 4 aromatic carbocycles. The van der Waals surface area contributed by atoms with Gasteiger partial charge in [-0.3, -0.25) is 0 Å². The molecule has 3 aliphatic rings. The van der Waals surface area contributed by atoms with Crippen LogP contribution in [0.1, 0.15) is 73.2 Å². The summed E-state index contributed by atoms with van der Waals surface area (Å²) >= 11 is 0. The molecule has 1 unspecified atom stereocenters. The number of aryl methyl sites for hydroxylation is 3. The molecular weight excluding hydrogens is 673 g/mol. The van der Waals surface area contributed by atoms with Gasteiger partial charge in [-0.15, -0.1) is 34.5 Å². The van der Waals surface area contributed by atoms with Crippen molar-refractivity contribution in [2.45, 2.75) is 78.4 Å². The molecule has 0 spiro atoms. The molecule has 1 nitrogen and oxygen atoms in total. The van der Waals surface area contributed by atoms with Gasteiger partial charge in [0, 0.05) is 22.6 Å². The van der Waals surface area contributed by atoms with E-state index in [4.69, 9.17) is 0 Å². The van der Waals surface area contributed by atoms with Crippen LogP contribution in [0.4, 0.5) is 0 Å². The monoisotopic (exact) mass is 714 g/mol. The molecule has 1 aromatic heterocycles. The van der Waals surface area contributed by atoms with Gasteiger partial charge in [0.25, 0.3) is 0 Å². The Morgan fingerprint density at radius 3 is 2.14 bits per heavy atom. The molecule has 0 N–H and O–H groups in total. The number of nitrogens with zero attached hydrogens (tertiary/aromatic N) is 1. The van der Waals surface area contributed by atoms with E-state index in [2.05, 4.69) is 136 Å². The van der Waals surface area contributed by atoms with Gasteiger partial charge in [-0.1, -0.05) is 111 Å². The maximum absolute atomic E-state index is 2.52. The van der Waals surface area contributed by atoms with Gasteiger partial charge in [0.1, 0.15) is 0 Å². The fraction of sp³-hybridized carbons (Fsp3) is 0.308. The van der Waals surface area contributed by atoms with Crippen LogP contribution in [0.3, 0.4) is 0 Å².